The van der Waals surface area contributed by atoms with Crippen molar-refractivity contribution in [1.29, 1.82) is 0 Å². The Kier molecular flexibility index (Phi) is 4.58. The molecule has 1 heteroatoms. The Bertz CT molecular complexity index is 132. The van der Waals surface area contributed by atoms with E-state index in [2.05, 4.69) is 20.8 Å². The summed E-state index contributed by atoms with van der Waals surface area (Å²) >= 11 is 5.97. The van der Waals surface area contributed by atoms with Crippen molar-refractivity contribution >= 4 is 11.6 Å². The summed E-state index contributed by atoms with van der Waals surface area (Å²) in [4.78, 5) is 0. The zero-order valence-corrected chi connectivity index (χ0v) is 9.98. The van der Waals surface area contributed by atoms with Crippen molar-refractivity contribution < 1.29 is 0 Å². The highest BCUT2D eigenvalue weighted by Gasteiger charge is 2.23. The number of hydrogen-bond acceptors (Lipinski definition) is 0. The van der Waals surface area contributed by atoms with E-state index in [-0.39, 0.29) is 0 Å². The molecule has 0 spiro atoms. The molecule has 0 amide bonds. The highest BCUT2D eigenvalue weighted by Crippen LogP contribution is 2.35. The molecule has 0 bridgehead atoms. The van der Waals surface area contributed by atoms with E-state index < -0.39 is 0 Å². The van der Waals surface area contributed by atoms with E-state index in [0.29, 0.717) is 5.38 Å². The molecule has 1 saturated carbocycles. The van der Waals surface area contributed by atoms with Gasteiger partial charge in [-0.15, -0.1) is 11.6 Å². The summed E-state index contributed by atoms with van der Waals surface area (Å²) in [5.74, 6) is 2.85. The van der Waals surface area contributed by atoms with Crippen LogP contribution in [0.5, 0.6) is 0 Å². The summed E-state index contributed by atoms with van der Waals surface area (Å²) in [5, 5.41) is 0.368. The molecule has 0 aromatic heterocycles. The molecule has 0 nitrogen and oxygen atoms in total. The number of rotatable bonds is 3. The molecule has 0 radical (unpaired) electrons. The molecule has 1 fully saturated rings. The van der Waals surface area contributed by atoms with Crippen LogP contribution >= 0.6 is 11.6 Å². The van der Waals surface area contributed by atoms with E-state index in [4.69, 9.17) is 11.6 Å². The van der Waals surface area contributed by atoms with Gasteiger partial charge in [-0.2, -0.15) is 0 Å². The first kappa shape index (κ1) is 11.4. The standard InChI is InChI=1S/C12H23Cl/c1-9-6-10(2)8-12(7-9)5-4-11(3)13/h9-12H,4-8H2,1-3H3. The van der Waals surface area contributed by atoms with Gasteiger partial charge >= 0.3 is 0 Å². The third kappa shape index (κ3) is 4.35. The van der Waals surface area contributed by atoms with E-state index in [0.717, 1.165) is 17.8 Å². The summed E-state index contributed by atoms with van der Waals surface area (Å²) < 4.78 is 0. The molecule has 3 atom stereocenters. The van der Waals surface area contributed by atoms with Gasteiger partial charge < -0.3 is 0 Å². The fourth-order valence-corrected chi connectivity index (χ4v) is 2.94. The molecule has 0 N–H and O–H groups in total. The predicted molar refractivity (Wildman–Crippen MR) is 60.2 cm³/mol. The third-order valence-corrected chi connectivity index (χ3v) is 3.47. The molecule has 13 heavy (non-hydrogen) atoms. The van der Waals surface area contributed by atoms with Crippen LogP contribution in [-0.2, 0) is 0 Å². The average molecular weight is 203 g/mol. The van der Waals surface area contributed by atoms with Crippen molar-refractivity contribution in [1.82, 2.24) is 0 Å². The lowest BCUT2D eigenvalue weighted by Gasteiger charge is -2.31. The quantitative estimate of drug-likeness (QED) is 0.593. The Hall–Kier alpha value is 0.290. The van der Waals surface area contributed by atoms with Crippen molar-refractivity contribution in [2.24, 2.45) is 17.8 Å². The van der Waals surface area contributed by atoms with Crippen molar-refractivity contribution in [3.05, 3.63) is 0 Å². The summed E-state index contributed by atoms with van der Waals surface area (Å²) in [5.41, 5.74) is 0. The monoisotopic (exact) mass is 202 g/mol. The van der Waals surface area contributed by atoms with Crippen LogP contribution in [0.2, 0.25) is 0 Å². The van der Waals surface area contributed by atoms with Gasteiger partial charge in [0.25, 0.3) is 0 Å². The second-order valence-corrected chi connectivity index (χ2v) is 5.89. The summed E-state index contributed by atoms with van der Waals surface area (Å²) in [6.07, 6.45) is 6.86. The summed E-state index contributed by atoms with van der Waals surface area (Å²) in [6, 6.07) is 0. The molecule has 1 aliphatic carbocycles. The van der Waals surface area contributed by atoms with Gasteiger partial charge in [-0.25, -0.2) is 0 Å². The molecule has 0 heterocycles. The fourth-order valence-electron chi connectivity index (χ4n) is 2.81. The third-order valence-electron chi connectivity index (χ3n) is 3.25. The second kappa shape index (κ2) is 5.24. The largest absolute Gasteiger partial charge is 0.123 e. The van der Waals surface area contributed by atoms with Gasteiger partial charge in [0.05, 0.1) is 0 Å². The van der Waals surface area contributed by atoms with Gasteiger partial charge in [-0.05, 0) is 56.8 Å². The topological polar surface area (TPSA) is 0 Å². The van der Waals surface area contributed by atoms with E-state index in [1.807, 2.05) is 0 Å². The molecule has 0 aliphatic heterocycles. The highest BCUT2D eigenvalue weighted by molar-refractivity contribution is 6.20. The first-order valence-corrected chi connectivity index (χ1v) is 6.15. The summed E-state index contributed by atoms with van der Waals surface area (Å²) in [6.45, 7) is 6.90. The molecular formula is C12H23Cl. The molecule has 0 aromatic carbocycles. The zero-order valence-electron chi connectivity index (χ0n) is 9.22. The van der Waals surface area contributed by atoms with Crippen molar-refractivity contribution in [3.8, 4) is 0 Å². The van der Waals surface area contributed by atoms with Crippen LogP contribution in [0, 0.1) is 17.8 Å². The molecular weight excluding hydrogens is 180 g/mol. The maximum absolute atomic E-state index is 5.97. The van der Waals surface area contributed by atoms with Gasteiger partial charge in [0.15, 0.2) is 0 Å². The van der Waals surface area contributed by atoms with Crippen LogP contribution in [0.15, 0.2) is 0 Å². The van der Waals surface area contributed by atoms with Crippen molar-refractivity contribution in [2.75, 3.05) is 0 Å². The SMILES string of the molecule is CC(Cl)CCC1CC(C)CC(C)C1. The Balaban J connectivity index is 2.25. The molecule has 3 unspecified atom stereocenters. The van der Waals surface area contributed by atoms with Gasteiger partial charge in [0.1, 0.15) is 0 Å². The van der Waals surface area contributed by atoms with E-state index >= 15 is 0 Å². The maximum atomic E-state index is 5.97. The van der Waals surface area contributed by atoms with Gasteiger partial charge in [-0.1, -0.05) is 13.8 Å². The molecule has 78 valence electrons. The van der Waals surface area contributed by atoms with E-state index in [1.54, 1.807) is 0 Å². The average Bonchev–Trinajstić information content (AvgIpc) is 1.99. The lowest BCUT2D eigenvalue weighted by molar-refractivity contribution is 0.207. The minimum absolute atomic E-state index is 0.368. The van der Waals surface area contributed by atoms with Crippen LogP contribution in [0.3, 0.4) is 0 Å². The minimum Gasteiger partial charge on any atom is -0.123 e. The molecule has 1 rings (SSSR count). The lowest BCUT2D eigenvalue weighted by Crippen LogP contribution is -2.20. The van der Waals surface area contributed by atoms with E-state index in [1.165, 1.54) is 32.1 Å². The predicted octanol–water partition coefficient (Wildman–Crippen LogP) is 4.47. The maximum Gasteiger partial charge on any atom is 0.0307 e. The second-order valence-electron chi connectivity index (χ2n) is 5.14. The number of alkyl halides is 1. The van der Waals surface area contributed by atoms with Crippen LogP contribution in [0.4, 0.5) is 0 Å². The van der Waals surface area contributed by atoms with Crippen molar-refractivity contribution in [3.63, 3.8) is 0 Å². The van der Waals surface area contributed by atoms with Crippen LogP contribution in [-0.4, -0.2) is 5.38 Å². The Morgan fingerprint density at radius 1 is 1.15 bits per heavy atom. The van der Waals surface area contributed by atoms with Crippen LogP contribution in [0.25, 0.3) is 0 Å². The normalized spacial score (nSPS) is 37.4. The van der Waals surface area contributed by atoms with Gasteiger partial charge in [0.2, 0.25) is 0 Å². The minimum atomic E-state index is 0.368. The van der Waals surface area contributed by atoms with E-state index in [9.17, 15) is 0 Å². The Morgan fingerprint density at radius 3 is 2.15 bits per heavy atom. The van der Waals surface area contributed by atoms with Crippen molar-refractivity contribution in [2.45, 2.75) is 58.3 Å². The Morgan fingerprint density at radius 2 is 1.69 bits per heavy atom. The fraction of sp³-hybridized carbons (Fsp3) is 1.00. The molecule has 0 aromatic rings. The highest BCUT2D eigenvalue weighted by atomic mass is 35.5. The zero-order chi connectivity index (χ0) is 9.84. The van der Waals surface area contributed by atoms with Gasteiger partial charge in [-0.3, -0.25) is 0 Å². The first-order valence-electron chi connectivity index (χ1n) is 5.72. The number of halogens is 1. The Labute approximate surface area is 88.1 Å². The number of hydrogen-bond donors (Lipinski definition) is 0. The van der Waals surface area contributed by atoms with Gasteiger partial charge in [0, 0.05) is 5.38 Å². The molecule has 1 aliphatic rings. The smallest absolute Gasteiger partial charge is 0.0307 e. The van der Waals surface area contributed by atoms with Crippen LogP contribution < -0.4 is 0 Å². The first-order chi connectivity index (χ1) is 6.08. The summed E-state index contributed by atoms with van der Waals surface area (Å²) in [7, 11) is 0. The van der Waals surface area contributed by atoms with Crippen LogP contribution in [0.1, 0.15) is 52.9 Å². The lowest BCUT2D eigenvalue weighted by atomic mass is 9.75. The molecule has 0 saturated heterocycles.